The molecule has 1 aliphatic heterocycles. The first kappa shape index (κ1) is 14.7. The van der Waals surface area contributed by atoms with E-state index < -0.39 is 18.0 Å². The van der Waals surface area contributed by atoms with Crippen LogP contribution in [-0.4, -0.2) is 10.2 Å². The highest BCUT2D eigenvalue weighted by Crippen LogP contribution is 2.43. The molecule has 2 heterocycles. The van der Waals surface area contributed by atoms with Crippen molar-refractivity contribution in [1.82, 2.24) is 0 Å². The predicted molar refractivity (Wildman–Crippen MR) is 78.3 cm³/mol. The van der Waals surface area contributed by atoms with Gasteiger partial charge in [0.25, 0.3) is 0 Å². The van der Waals surface area contributed by atoms with Gasteiger partial charge in [0.05, 0.1) is 5.92 Å². The third kappa shape index (κ3) is 2.31. The Morgan fingerprint density at radius 2 is 2.09 bits per heavy atom. The van der Waals surface area contributed by atoms with Crippen molar-refractivity contribution in [3.8, 4) is 17.6 Å². The Bertz CT molecular complexity index is 907. The van der Waals surface area contributed by atoms with E-state index in [0.717, 1.165) is 6.07 Å². The van der Waals surface area contributed by atoms with Gasteiger partial charge in [-0.1, -0.05) is 18.2 Å². The zero-order chi connectivity index (χ0) is 16.6. The predicted octanol–water partition coefficient (Wildman–Crippen LogP) is 1.06. The number of benzene rings is 1. The molecule has 0 saturated carbocycles. The van der Waals surface area contributed by atoms with Gasteiger partial charge in [0.2, 0.25) is 17.1 Å². The van der Waals surface area contributed by atoms with Gasteiger partial charge in [0.1, 0.15) is 29.8 Å². The number of fused-ring (bicyclic) bond motifs is 1. The van der Waals surface area contributed by atoms with Crippen LogP contribution >= 0.6 is 0 Å². The second-order valence-corrected chi connectivity index (χ2v) is 4.91. The molecule has 7 nitrogen and oxygen atoms in total. The number of aliphatic hydroxyl groups excluding tert-OH is 1. The average Bonchev–Trinajstić information content (AvgIpc) is 2.55. The third-order valence-corrected chi connectivity index (χ3v) is 3.53. The number of aromatic hydroxyl groups is 1. The van der Waals surface area contributed by atoms with Crippen molar-refractivity contribution >= 4 is 0 Å². The lowest BCUT2D eigenvalue weighted by molar-refractivity contribution is 0.231. The van der Waals surface area contributed by atoms with Crippen LogP contribution in [0.15, 0.2) is 51.0 Å². The lowest BCUT2D eigenvalue weighted by Crippen LogP contribution is -2.25. The van der Waals surface area contributed by atoms with E-state index in [1.165, 1.54) is 6.07 Å². The van der Waals surface area contributed by atoms with Crippen LogP contribution in [0.25, 0.3) is 0 Å². The fourth-order valence-electron chi connectivity index (χ4n) is 2.51. The first-order valence-electron chi connectivity index (χ1n) is 6.70. The van der Waals surface area contributed by atoms with Gasteiger partial charge in [-0.05, 0) is 6.07 Å². The number of rotatable bonds is 2. The quantitative estimate of drug-likeness (QED) is 0.755. The highest BCUT2D eigenvalue weighted by atomic mass is 16.5. The summed E-state index contributed by atoms with van der Waals surface area (Å²) < 4.78 is 10.7. The molecule has 1 aromatic heterocycles. The molecule has 1 aromatic carbocycles. The molecule has 0 bridgehead atoms. The maximum atomic E-state index is 12.1. The summed E-state index contributed by atoms with van der Waals surface area (Å²) in [6, 6.07) is 9.34. The van der Waals surface area contributed by atoms with Gasteiger partial charge in [-0.15, -0.1) is 0 Å². The van der Waals surface area contributed by atoms with Crippen molar-refractivity contribution in [3.63, 3.8) is 0 Å². The van der Waals surface area contributed by atoms with Crippen molar-refractivity contribution in [2.45, 2.75) is 12.5 Å². The van der Waals surface area contributed by atoms with E-state index in [1.54, 1.807) is 18.2 Å². The highest BCUT2D eigenvalue weighted by molar-refractivity contribution is 5.55. The molecule has 0 fully saturated rings. The van der Waals surface area contributed by atoms with E-state index in [9.17, 15) is 20.3 Å². The number of phenols is 1. The normalized spacial score (nSPS) is 16.4. The second-order valence-electron chi connectivity index (χ2n) is 4.91. The van der Waals surface area contributed by atoms with E-state index in [4.69, 9.17) is 14.9 Å². The van der Waals surface area contributed by atoms with E-state index in [-0.39, 0.29) is 34.5 Å². The summed E-state index contributed by atoms with van der Waals surface area (Å²) in [5.74, 6) is -1.32. The molecule has 116 valence electrons. The zero-order valence-corrected chi connectivity index (χ0v) is 11.8. The number of hydrogen-bond donors (Lipinski definition) is 3. The van der Waals surface area contributed by atoms with Gasteiger partial charge in [-0.3, -0.25) is 4.79 Å². The summed E-state index contributed by atoms with van der Waals surface area (Å²) in [6.07, 6.45) is 0. The summed E-state index contributed by atoms with van der Waals surface area (Å²) in [4.78, 5) is 12.1. The number of phenolic OH excluding ortho intramolecular Hbond substituents is 1. The molecular weight excluding hydrogens is 300 g/mol. The number of nitriles is 1. The molecule has 0 spiro atoms. The molecule has 1 atom stereocenters. The Morgan fingerprint density at radius 1 is 1.35 bits per heavy atom. The first-order chi connectivity index (χ1) is 11.1. The topological polar surface area (TPSA) is 130 Å². The molecule has 0 amide bonds. The van der Waals surface area contributed by atoms with Crippen LogP contribution in [0.4, 0.5) is 0 Å². The summed E-state index contributed by atoms with van der Waals surface area (Å²) in [6.45, 7) is -0.489. The summed E-state index contributed by atoms with van der Waals surface area (Å²) >= 11 is 0. The lowest BCUT2D eigenvalue weighted by atomic mass is 9.87. The number of para-hydroxylation sites is 1. The molecule has 0 aliphatic carbocycles. The van der Waals surface area contributed by atoms with Crippen LogP contribution < -0.4 is 15.9 Å². The smallest absolute Gasteiger partial charge is 0.228 e. The van der Waals surface area contributed by atoms with E-state index in [2.05, 4.69) is 0 Å². The molecule has 1 aliphatic rings. The van der Waals surface area contributed by atoms with Crippen LogP contribution in [0.3, 0.4) is 0 Å². The molecule has 0 radical (unpaired) electrons. The maximum absolute atomic E-state index is 12.1. The van der Waals surface area contributed by atoms with Crippen molar-refractivity contribution in [2.75, 3.05) is 0 Å². The Morgan fingerprint density at radius 3 is 2.74 bits per heavy atom. The second kappa shape index (κ2) is 5.51. The number of allylic oxidation sites excluding steroid dienone is 1. The minimum Gasteiger partial charge on any atom is -0.508 e. The summed E-state index contributed by atoms with van der Waals surface area (Å²) in [5, 5.41) is 28.7. The summed E-state index contributed by atoms with van der Waals surface area (Å²) in [7, 11) is 0. The monoisotopic (exact) mass is 312 g/mol. The number of nitrogens with zero attached hydrogens (tertiary/aromatic N) is 1. The largest absolute Gasteiger partial charge is 0.508 e. The van der Waals surface area contributed by atoms with E-state index >= 15 is 0 Å². The van der Waals surface area contributed by atoms with E-state index in [1.807, 2.05) is 6.07 Å². The molecule has 23 heavy (non-hydrogen) atoms. The Hall–Kier alpha value is -3.24. The Balaban J connectivity index is 2.34. The minimum absolute atomic E-state index is 0.0113. The van der Waals surface area contributed by atoms with Gasteiger partial charge < -0.3 is 25.1 Å². The molecule has 0 saturated heterocycles. The Labute approximate surface area is 130 Å². The first-order valence-corrected chi connectivity index (χ1v) is 6.70. The fourth-order valence-corrected chi connectivity index (χ4v) is 2.51. The standard InChI is InChI=1S/C16H12N2O5/c17-6-10-13(9-3-1-2-4-11(9)20)15-14(23-16(10)18)12(21)5-8(7-19)22-15/h1-5,13,19-20H,7,18H2/t13-/m1/s1. The van der Waals surface area contributed by atoms with Crippen LogP contribution in [0.5, 0.6) is 11.5 Å². The molecular formula is C16H12N2O5. The number of aliphatic hydroxyl groups is 1. The molecule has 7 heteroatoms. The minimum atomic E-state index is -0.899. The van der Waals surface area contributed by atoms with Gasteiger partial charge >= 0.3 is 0 Å². The van der Waals surface area contributed by atoms with Crippen molar-refractivity contribution in [1.29, 1.82) is 5.26 Å². The third-order valence-electron chi connectivity index (χ3n) is 3.53. The summed E-state index contributed by atoms with van der Waals surface area (Å²) in [5.41, 5.74) is 5.57. The van der Waals surface area contributed by atoms with Gasteiger partial charge in [0.15, 0.2) is 5.76 Å². The number of nitrogens with two attached hydrogens (primary N) is 1. The van der Waals surface area contributed by atoms with Crippen LogP contribution in [0.1, 0.15) is 23.0 Å². The molecule has 4 N–H and O–H groups in total. The van der Waals surface area contributed by atoms with Crippen LogP contribution in [-0.2, 0) is 6.61 Å². The molecule has 0 unspecified atom stereocenters. The van der Waals surface area contributed by atoms with Crippen molar-refractivity contribution < 1.29 is 19.4 Å². The van der Waals surface area contributed by atoms with Gasteiger partial charge in [-0.2, -0.15) is 5.26 Å². The Kier molecular flexibility index (Phi) is 3.52. The van der Waals surface area contributed by atoms with Crippen molar-refractivity contribution in [3.05, 3.63) is 69.1 Å². The molecule has 3 rings (SSSR count). The van der Waals surface area contributed by atoms with E-state index in [0.29, 0.717) is 5.56 Å². The maximum Gasteiger partial charge on any atom is 0.228 e. The number of ether oxygens (including phenoxy) is 1. The van der Waals surface area contributed by atoms with Crippen LogP contribution in [0, 0.1) is 11.3 Å². The lowest BCUT2D eigenvalue weighted by Gasteiger charge is -2.25. The SMILES string of the molecule is N#CC1=C(N)Oc2c(oc(CO)cc2=O)[C@@H]1c1ccccc1O. The van der Waals surface area contributed by atoms with Crippen LogP contribution in [0.2, 0.25) is 0 Å². The highest BCUT2D eigenvalue weighted by Gasteiger charge is 2.36. The van der Waals surface area contributed by atoms with Crippen molar-refractivity contribution in [2.24, 2.45) is 5.73 Å². The van der Waals surface area contributed by atoms with Gasteiger partial charge in [-0.25, -0.2) is 0 Å². The number of hydrogen-bond acceptors (Lipinski definition) is 7. The zero-order valence-electron chi connectivity index (χ0n) is 11.8. The fraction of sp³-hybridized carbons (Fsp3) is 0.125. The average molecular weight is 312 g/mol. The molecule has 2 aromatic rings. The van der Waals surface area contributed by atoms with Gasteiger partial charge in [0, 0.05) is 11.6 Å².